The van der Waals surface area contributed by atoms with Crippen molar-refractivity contribution in [2.75, 3.05) is 13.1 Å². The lowest BCUT2D eigenvalue weighted by atomic mass is 10.0. The highest BCUT2D eigenvalue weighted by Gasteiger charge is 2.31. The molecular formula is C21H20F3N3O3. The summed E-state index contributed by atoms with van der Waals surface area (Å²) in [4.78, 5) is 30.1. The average molecular weight is 419 g/mol. The molecule has 2 aromatic rings. The number of ether oxygens (including phenoxy) is 1. The number of amides is 2. The van der Waals surface area contributed by atoms with Gasteiger partial charge in [0.1, 0.15) is 5.75 Å². The molecule has 0 atom stereocenters. The van der Waals surface area contributed by atoms with Crippen molar-refractivity contribution in [2.24, 2.45) is 0 Å². The number of likely N-dealkylation sites (tertiary alicyclic amines) is 1. The number of carbonyl (C=O) groups excluding carboxylic acids is 2. The van der Waals surface area contributed by atoms with Crippen molar-refractivity contribution in [3.63, 3.8) is 0 Å². The van der Waals surface area contributed by atoms with Crippen molar-refractivity contribution in [3.8, 4) is 5.75 Å². The van der Waals surface area contributed by atoms with Gasteiger partial charge in [-0.3, -0.25) is 14.6 Å². The lowest BCUT2D eigenvalue weighted by Crippen LogP contribution is -2.46. The van der Waals surface area contributed by atoms with Crippen molar-refractivity contribution in [1.29, 1.82) is 0 Å². The molecule has 1 aromatic heterocycles. The monoisotopic (exact) mass is 419 g/mol. The van der Waals surface area contributed by atoms with E-state index in [9.17, 15) is 22.8 Å². The van der Waals surface area contributed by atoms with Gasteiger partial charge in [-0.15, -0.1) is 13.2 Å². The van der Waals surface area contributed by atoms with E-state index in [1.165, 1.54) is 36.5 Å². The van der Waals surface area contributed by atoms with E-state index in [0.717, 1.165) is 0 Å². The molecule has 0 spiro atoms. The Morgan fingerprint density at radius 1 is 1.13 bits per heavy atom. The minimum atomic E-state index is -4.81. The molecule has 1 aromatic carbocycles. The summed E-state index contributed by atoms with van der Waals surface area (Å²) >= 11 is 0. The van der Waals surface area contributed by atoms with Gasteiger partial charge in [0.05, 0.1) is 5.56 Å². The predicted octanol–water partition coefficient (Wildman–Crippen LogP) is 3.41. The number of halogens is 3. The number of benzene rings is 1. The maximum Gasteiger partial charge on any atom is 0.573 e. The first-order chi connectivity index (χ1) is 14.3. The Kier molecular flexibility index (Phi) is 6.71. The molecule has 2 heterocycles. The average Bonchev–Trinajstić information content (AvgIpc) is 2.73. The van der Waals surface area contributed by atoms with Crippen LogP contribution in [-0.4, -0.2) is 47.2 Å². The molecule has 1 fully saturated rings. The van der Waals surface area contributed by atoms with Crippen molar-refractivity contribution >= 4 is 17.9 Å². The SMILES string of the molecule is O=C(NC1CCN(C(=O)C=Cc2ccccc2OC(F)(F)F)CC1)c1cccnc1. The van der Waals surface area contributed by atoms with Crippen LogP contribution in [0.2, 0.25) is 0 Å². The minimum Gasteiger partial charge on any atom is -0.405 e. The smallest absolute Gasteiger partial charge is 0.405 e. The van der Waals surface area contributed by atoms with Crippen molar-refractivity contribution in [2.45, 2.75) is 25.2 Å². The number of pyridine rings is 1. The summed E-state index contributed by atoms with van der Waals surface area (Å²) in [5, 5.41) is 2.92. The zero-order valence-corrected chi connectivity index (χ0v) is 15.9. The summed E-state index contributed by atoms with van der Waals surface area (Å²) in [5.74, 6) is -0.895. The number of para-hydroxylation sites is 1. The Hall–Kier alpha value is -3.36. The number of nitrogens with one attached hydrogen (secondary N) is 1. The van der Waals surface area contributed by atoms with Gasteiger partial charge in [-0.25, -0.2) is 0 Å². The molecule has 1 aliphatic rings. The van der Waals surface area contributed by atoms with Crippen LogP contribution < -0.4 is 10.1 Å². The first-order valence-corrected chi connectivity index (χ1v) is 9.34. The molecule has 1 aliphatic heterocycles. The molecule has 158 valence electrons. The van der Waals surface area contributed by atoms with Gasteiger partial charge in [0, 0.05) is 43.2 Å². The van der Waals surface area contributed by atoms with E-state index >= 15 is 0 Å². The molecule has 0 bridgehead atoms. The second-order valence-electron chi connectivity index (χ2n) is 6.73. The summed E-state index contributed by atoms with van der Waals surface area (Å²) in [6.45, 7) is 0.865. The van der Waals surface area contributed by atoms with Crippen LogP contribution in [0.4, 0.5) is 13.2 Å². The fraction of sp³-hybridized carbons (Fsp3) is 0.286. The van der Waals surface area contributed by atoms with Crippen LogP contribution in [0.5, 0.6) is 5.75 Å². The quantitative estimate of drug-likeness (QED) is 0.754. The van der Waals surface area contributed by atoms with Gasteiger partial charge in [0.25, 0.3) is 5.91 Å². The van der Waals surface area contributed by atoms with E-state index in [1.54, 1.807) is 29.3 Å². The molecule has 0 radical (unpaired) electrons. The second kappa shape index (κ2) is 9.43. The van der Waals surface area contributed by atoms with Crippen molar-refractivity contribution < 1.29 is 27.5 Å². The van der Waals surface area contributed by atoms with E-state index in [2.05, 4.69) is 15.0 Å². The molecular weight excluding hydrogens is 399 g/mol. The first kappa shape index (κ1) is 21.4. The van der Waals surface area contributed by atoms with E-state index in [-0.39, 0.29) is 29.2 Å². The molecule has 3 rings (SSSR count). The second-order valence-corrected chi connectivity index (χ2v) is 6.73. The predicted molar refractivity (Wildman–Crippen MR) is 103 cm³/mol. The summed E-state index contributed by atoms with van der Waals surface area (Å²) in [6, 6.07) is 8.90. The van der Waals surface area contributed by atoms with Gasteiger partial charge in [-0.1, -0.05) is 18.2 Å². The van der Waals surface area contributed by atoms with Crippen molar-refractivity contribution in [3.05, 3.63) is 66.0 Å². The number of hydrogen-bond acceptors (Lipinski definition) is 4. The molecule has 9 heteroatoms. The highest BCUT2D eigenvalue weighted by molar-refractivity contribution is 5.94. The highest BCUT2D eigenvalue weighted by Crippen LogP contribution is 2.27. The van der Waals surface area contributed by atoms with E-state index < -0.39 is 6.36 Å². The number of piperidine rings is 1. The zero-order valence-electron chi connectivity index (χ0n) is 15.9. The summed E-state index contributed by atoms with van der Waals surface area (Å²) in [6.07, 6.45) is 1.96. The Bertz CT molecular complexity index is 908. The van der Waals surface area contributed by atoms with E-state index in [4.69, 9.17) is 0 Å². The topological polar surface area (TPSA) is 71.5 Å². The molecule has 2 amide bonds. The van der Waals surface area contributed by atoms with Crippen molar-refractivity contribution in [1.82, 2.24) is 15.2 Å². The van der Waals surface area contributed by atoms with Gasteiger partial charge >= 0.3 is 6.36 Å². The minimum absolute atomic E-state index is 0.0633. The fourth-order valence-electron chi connectivity index (χ4n) is 3.11. The Balaban J connectivity index is 1.53. The van der Waals surface area contributed by atoms with Crippen LogP contribution in [0.25, 0.3) is 6.08 Å². The van der Waals surface area contributed by atoms with Gasteiger partial charge < -0.3 is 15.0 Å². The lowest BCUT2D eigenvalue weighted by molar-refractivity contribution is -0.274. The largest absolute Gasteiger partial charge is 0.573 e. The molecule has 0 saturated carbocycles. The van der Waals surface area contributed by atoms with E-state index in [0.29, 0.717) is 31.5 Å². The third kappa shape index (κ3) is 6.07. The van der Waals surface area contributed by atoms with Crippen LogP contribution >= 0.6 is 0 Å². The molecule has 1 saturated heterocycles. The molecule has 6 nitrogen and oxygen atoms in total. The molecule has 30 heavy (non-hydrogen) atoms. The normalized spacial score (nSPS) is 15.2. The van der Waals surface area contributed by atoms with Crippen LogP contribution in [0.15, 0.2) is 54.9 Å². The number of nitrogens with zero attached hydrogens (tertiary/aromatic N) is 2. The molecule has 0 aliphatic carbocycles. The first-order valence-electron chi connectivity index (χ1n) is 9.34. The standard InChI is InChI=1S/C21H20F3N3O3/c22-21(23,24)30-18-6-2-1-4-15(18)7-8-19(28)27-12-9-17(10-13-27)26-20(29)16-5-3-11-25-14-16/h1-8,11,14,17H,9-10,12-13H2,(H,26,29). The Morgan fingerprint density at radius 3 is 2.53 bits per heavy atom. The molecule has 1 N–H and O–H groups in total. The van der Waals surface area contributed by atoms with E-state index in [1.807, 2.05) is 0 Å². The van der Waals surface area contributed by atoms with Crippen LogP contribution in [0.1, 0.15) is 28.8 Å². The number of rotatable bonds is 5. The molecule has 0 unspecified atom stereocenters. The van der Waals surface area contributed by atoms with Gasteiger partial charge in [-0.05, 0) is 37.1 Å². The van der Waals surface area contributed by atoms with Crippen LogP contribution in [-0.2, 0) is 4.79 Å². The third-order valence-corrected chi connectivity index (χ3v) is 4.62. The maximum absolute atomic E-state index is 12.5. The number of carbonyl (C=O) groups is 2. The lowest BCUT2D eigenvalue weighted by Gasteiger charge is -2.31. The Labute approximate surface area is 171 Å². The van der Waals surface area contributed by atoms with Crippen LogP contribution in [0.3, 0.4) is 0 Å². The van der Waals surface area contributed by atoms with Crippen LogP contribution in [0, 0.1) is 0 Å². The fourth-order valence-corrected chi connectivity index (χ4v) is 3.11. The summed E-state index contributed by atoms with van der Waals surface area (Å²) < 4.78 is 41.5. The van der Waals surface area contributed by atoms with Gasteiger partial charge in [0.2, 0.25) is 5.91 Å². The third-order valence-electron chi connectivity index (χ3n) is 4.62. The highest BCUT2D eigenvalue weighted by atomic mass is 19.4. The Morgan fingerprint density at radius 2 is 1.87 bits per heavy atom. The maximum atomic E-state index is 12.5. The number of aromatic nitrogens is 1. The van der Waals surface area contributed by atoms with Gasteiger partial charge in [0.15, 0.2) is 0 Å². The summed E-state index contributed by atoms with van der Waals surface area (Å²) in [7, 11) is 0. The number of alkyl halides is 3. The van der Waals surface area contributed by atoms with Gasteiger partial charge in [-0.2, -0.15) is 0 Å². The zero-order chi connectivity index (χ0) is 21.6. The summed E-state index contributed by atoms with van der Waals surface area (Å²) in [5.41, 5.74) is 0.625. The number of hydrogen-bond donors (Lipinski definition) is 1.